The number of rotatable bonds is 3. The monoisotopic (exact) mass is 329 g/mol. The SMILES string of the molecule is O=C(C1COCCN1)N1CCN(Cc2cn3ccccc3n2)CC1. The van der Waals surface area contributed by atoms with Crippen LogP contribution in [0.15, 0.2) is 30.6 Å². The first-order chi connectivity index (χ1) is 11.8. The van der Waals surface area contributed by atoms with Gasteiger partial charge >= 0.3 is 0 Å². The lowest BCUT2D eigenvalue weighted by atomic mass is 10.2. The molecule has 0 aromatic carbocycles. The number of morpholine rings is 1. The van der Waals surface area contributed by atoms with Gasteiger partial charge in [-0.15, -0.1) is 0 Å². The second kappa shape index (κ2) is 6.88. The van der Waals surface area contributed by atoms with Crippen LogP contribution in [-0.2, 0) is 16.1 Å². The molecule has 7 nitrogen and oxygen atoms in total. The molecule has 0 aliphatic carbocycles. The van der Waals surface area contributed by atoms with Crippen LogP contribution >= 0.6 is 0 Å². The van der Waals surface area contributed by atoms with E-state index < -0.39 is 0 Å². The van der Waals surface area contributed by atoms with Crippen molar-refractivity contribution in [3.05, 3.63) is 36.3 Å². The highest BCUT2D eigenvalue weighted by Gasteiger charge is 2.28. The van der Waals surface area contributed by atoms with E-state index in [1.807, 2.05) is 33.7 Å². The Morgan fingerprint density at radius 3 is 2.92 bits per heavy atom. The molecular formula is C17H23N5O2. The molecule has 2 aromatic heterocycles. The van der Waals surface area contributed by atoms with Crippen LogP contribution in [0.4, 0.5) is 0 Å². The maximum Gasteiger partial charge on any atom is 0.242 e. The number of aromatic nitrogens is 2. The van der Waals surface area contributed by atoms with Gasteiger partial charge in [-0.25, -0.2) is 4.98 Å². The number of carbonyl (C=O) groups excluding carboxylic acids is 1. The third-order valence-electron chi connectivity index (χ3n) is 4.70. The number of hydrogen-bond acceptors (Lipinski definition) is 5. The number of pyridine rings is 1. The highest BCUT2D eigenvalue weighted by atomic mass is 16.5. The third kappa shape index (κ3) is 3.28. The predicted molar refractivity (Wildman–Crippen MR) is 89.7 cm³/mol. The molecule has 0 bridgehead atoms. The second-order valence-corrected chi connectivity index (χ2v) is 6.38. The number of nitrogens with one attached hydrogen (secondary N) is 1. The van der Waals surface area contributed by atoms with Crippen LogP contribution in [0.3, 0.4) is 0 Å². The van der Waals surface area contributed by atoms with E-state index in [1.54, 1.807) is 0 Å². The summed E-state index contributed by atoms with van der Waals surface area (Å²) in [4.78, 5) is 21.4. The minimum atomic E-state index is -0.177. The molecule has 24 heavy (non-hydrogen) atoms. The van der Waals surface area contributed by atoms with Crippen molar-refractivity contribution in [1.82, 2.24) is 24.5 Å². The van der Waals surface area contributed by atoms with Gasteiger partial charge in [-0.3, -0.25) is 9.69 Å². The predicted octanol–water partition coefficient (Wildman–Crippen LogP) is -0.0331. The molecular weight excluding hydrogens is 306 g/mol. The lowest BCUT2D eigenvalue weighted by Crippen LogP contribution is -2.57. The zero-order valence-electron chi connectivity index (χ0n) is 13.7. The normalized spacial score (nSPS) is 22.8. The number of carbonyl (C=O) groups is 1. The van der Waals surface area contributed by atoms with E-state index in [-0.39, 0.29) is 11.9 Å². The van der Waals surface area contributed by atoms with Crippen LogP contribution in [0.2, 0.25) is 0 Å². The van der Waals surface area contributed by atoms with Gasteiger partial charge in [0.1, 0.15) is 11.7 Å². The number of piperazine rings is 1. The molecule has 128 valence electrons. The minimum absolute atomic E-state index is 0.169. The summed E-state index contributed by atoms with van der Waals surface area (Å²) in [6.45, 7) is 6.06. The van der Waals surface area contributed by atoms with Gasteiger partial charge in [0.2, 0.25) is 5.91 Å². The Bertz CT molecular complexity index is 669. The highest BCUT2D eigenvalue weighted by molar-refractivity contribution is 5.82. The van der Waals surface area contributed by atoms with Crippen LogP contribution in [0.5, 0.6) is 0 Å². The second-order valence-electron chi connectivity index (χ2n) is 6.38. The number of imidazole rings is 1. The van der Waals surface area contributed by atoms with Crippen LogP contribution in [0.25, 0.3) is 5.65 Å². The number of ether oxygens (including phenoxy) is 1. The molecule has 4 rings (SSSR count). The molecule has 2 aliphatic heterocycles. The van der Waals surface area contributed by atoms with E-state index >= 15 is 0 Å². The molecule has 0 spiro atoms. The Balaban J connectivity index is 1.31. The van der Waals surface area contributed by atoms with Gasteiger partial charge in [-0.2, -0.15) is 0 Å². The summed E-state index contributed by atoms with van der Waals surface area (Å²) in [7, 11) is 0. The van der Waals surface area contributed by atoms with Crippen molar-refractivity contribution in [2.75, 3.05) is 45.9 Å². The van der Waals surface area contributed by atoms with E-state index in [0.717, 1.165) is 50.6 Å². The van der Waals surface area contributed by atoms with Crippen molar-refractivity contribution in [3.63, 3.8) is 0 Å². The van der Waals surface area contributed by atoms with E-state index in [0.29, 0.717) is 13.2 Å². The van der Waals surface area contributed by atoms with Crippen molar-refractivity contribution in [1.29, 1.82) is 0 Å². The summed E-state index contributed by atoms with van der Waals surface area (Å²) in [5, 5.41) is 3.24. The van der Waals surface area contributed by atoms with Crippen LogP contribution in [-0.4, -0.2) is 77.1 Å². The van der Waals surface area contributed by atoms with Crippen LogP contribution in [0.1, 0.15) is 5.69 Å². The lowest BCUT2D eigenvalue weighted by Gasteiger charge is -2.37. The Labute approximate surface area is 141 Å². The average molecular weight is 329 g/mol. The largest absolute Gasteiger partial charge is 0.378 e. The molecule has 2 aromatic rings. The van der Waals surface area contributed by atoms with Crippen molar-refractivity contribution in [2.24, 2.45) is 0 Å². The van der Waals surface area contributed by atoms with Gasteiger partial charge in [-0.05, 0) is 12.1 Å². The van der Waals surface area contributed by atoms with Crippen molar-refractivity contribution in [2.45, 2.75) is 12.6 Å². The fraction of sp³-hybridized carbons (Fsp3) is 0.529. The molecule has 1 amide bonds. The lowest BCUT2D eigenvalue weighted by molar-refractivity contribution is -0.138. The first kappa shape index (κ1) is 15.6. The van der Waals surface area contributed by atoms with Gasteiger partial charge < -0.3 is 19.4 Å². The molecule has 1 atom stereocenters. The van der Waals surface area contributed by atoms with Gasteiger partial charge in [0.25, 0.3) is 0 Å². The summed E-state index contributed by atoms with van der Waals surface area (Å²) < 4.78 is 7.44. The van der Waals surface area contributed by atoms with Crippen molar-refractivity contribution < 1.29 is 9.53 Å². The van der Waals surface area contributed by atoms with E-state index in [1.165, 1.54) is 0 Å². The molecule has 2 saturated heterocycles. The summed E-state index contributed by atoms with van der Waals surface area (Å²) in [6, 6.07) is 5.84. The fourth-order valence-corrected chi connectivity index (χ4v) is 3.36. The highest BCUT2D eigenvalue weighted by Crippen LogP contribution is 2.11. The Morgan fingerprint density at radius 1 is 1.29 bits per heavy atom. The number of nitrogens with zero attached hydrogens (tertiary/aromatic N) is 4. The van der Waals surface area contributed by atoms with Gasteiger partial charge in [0, 0.05) is 51.7 Å². The quantitative estimate of drug-likeness (QED) is 0.857. The van der Waals surface area contributed by atoms with E-state index in [4.69, 9.17) is 4.74 Å². The first-order valence-electron chi connectivity index (χ1n) is 8.54. The van der Waals surface area contributed by atoms with Gasteiger partial charge in [-0.1, -0.05) is 6.07 Å². The Morgan fingerprint density at radius 2 is 2.17 bits per heavy atom. The standard InChI is InChI=1S/C17H23N5O2/c23-17(15-13-24-10-4-18-15)21-8-6-20(7-9-21)11-14-12-22-5-2-1-3-16(22)19-14/h1-3,5,12,15,18H,4,6-11,13H2. The third-order valence-corrected chi connectivity index (χ3v) is 4.70. The maximum atomic E-state index is 12.5. The van der Waals surface area contributed by atoms with Gasteiger partial charge in [0.15, 0.2) is 0 Å². The molecule has 4 heterocycles. The topological polar surface area (TPSA) is 62.1 Å². The number of fused-ring (bicyclic) bond motifs is 1. The molecule has 2 aliphatic rings. The van der Waals surface area contributed by atoms with E-state index in [2.05, 4.69) is 21.4 Å². The fourth-order valence-electron chi connectivity index (χ4n) is 3.36. The molecule has 2 fully saturated rings. The zero-order valence-corrected chi connectivity index (χ0v) is 13.7. The number of hydrogen-bond donors (Lipinski definition) is 1. The summed E-state index contributed by atoms with van der Waals surface area (Å²) in [6.07, 6.45) is 4.10. The molecule has 1 N–H and O–H groups in total. The molecule has 7 heteroatoms. The molecule has 0 radical (unpaired) electrons. The van der Waals surface area contributed by atoms with Crippen LogP contribution < -0.4 is 5.32 Å². The maximum absolute atomic E-state index is 12.5. The van der Waals surface area contributed by atoms with E-state index in [9.17, 15) is 4.79 Å². The summed E-state index contributed by atoms with van der Waals surface area (Å²) >= 11 is 0. The Kier molecular flexibility index (Phi) is 4.46. The number of amides is 1. The summed E-state index contributed by atoms with van der Waals surface area (Å²) in [5.74, 6) is 0.169. The minimum Gasteiger partial charge on any atom is -0.378 e. The summed E-state index contributed by atoms with van der Waals surface area (Å²) in [5.41, 5.74) is 2.05. The molecule has 1 unspecified atom stereocenters. The van der Waals surface area contributed by atoms with Crippen molar-refractivity contribution >= 4 is 11.6 Å². The van der Waals surface area contributed by atoms with Crippen molar-refractivity contribution in [3.8, 4) is 0 Å². The zero-order chi connectivity index (χ0) is 16.4. The van der Waals surface area contributed by atoms with Crippen LogP contribution in [0, 0.1) is 0 Å². The van der Waals surface area contributed by atoms with Gasteiger partial charge in [0.05, 0.1) is 18.9 Å². The Hall–Kier alpha value is -1.96. The first-order valence-corrected chi connectivity index (χ1v) is 8.54. The molecule has 0 saturated carbocycles. The smallest absolute Gasteiger partial charge is 0.242 e. The average Bonchev–Trinajstić information content (AvgIpc) is 3.05.